The molecule has 3 rings (SSSR count). The maximum absolute atomic E-state index is 13.1. The molecule has 5 heteroatoms. The van der Waals surface area contributed by atoms with Crippen LogP contribution in [0.4, 0.5) is 10.5 Å². The van der Waals surface area contributed by atoms with Gasteiger partial charge in [-0.1, -0.05) is 49.7 Å². The van der Waals surface area contributed by atoms with Crippen LogP contribution in [0.5, 0.6) is 0 Å². The highest BCUT2D eigenvalue weighted by Gasteiger charge is 2.27. The quantitative estimate of drug-likeness (QED) is 0.747. The van der Waals surface area contributed by atoms with E-state index in [1.165, 1.54) is 5.56 Å². The maximum Gasteiger partial charge on any atom is 0.324 e. The van der Waals surface area contributed by atoms with Crippen LogP contribution in [0.25, 0.3) is 0 Å². The second-order valence-corrected chi connectivity index (χ2v) is 8.19. The molecule has 0 radical (unpaired) electrons. The molecule has 1 aliphatic heterocycles. The summed E-state index contributed by atoms with van der Waals surface area (Å²) >= 11 is 0. The number of hydrogen-bond donors (Lipinski definition) is 1. The minimum Gasteiger partial charge on any atom is -0.352 e. The summed E-state index contributed by atoms with van der Waals surface area (Å²) in [5.74, 6) is 0.459. The zero-order valence-corrected chi connectivity index (χ0v) is 17.6. The standard InChI is InChI=1S/C24H31N3O2/c1-18(2)11-12-25-23(28)21-9-5-10-22(16-21)27-14-6-13-26(24(27)29)17-20-8-4-7-19(3)15-20/h4-5,7-10,15-16,18H,6,11-14,17H2,1-3H3,(H,25,28). The third-order valence-corrected chi connectivity index (χ3v) is 5.19. The number of amides is 3. The van der Waals surface area contributed by atoms with Crippen LogP contribution >= 0.6 is 0 Å². The van der Waals surface area contributed by atoms with Crippen LogP contribution in [0.1, 0.15) is 48.2 Å². The van der Waals surface area contributed by atoms with E-state index in [1.807, 2.05) is 29.2 Å². The zero-order chi connectivity index (χ0) is 20.8. The Bertz CT molecular complexity index is 863. The van der Waals surface area contributed by atoms with E-state index in [-0.39, 0.29) is 11.9 Å². The molecule has 0 aliphatic carbocycles. The van der Waals surface area contributed by atoms with Crippen LogP contribution in [0.15, 0.2) is 48.5 Å². The van der Waals surface area contributed by atoms with Gasteiger partial charge in [0.2, 0.25) is 0 Å². The second-order valence-electron chi connectivity index (χ2n) is 8.19. The Labute approximate surface area is 173 Å². The van der Waals surface area contributed by atoms with Crippen molar-refractivity contribution in [3.63, 3.8) is 0 Å². The lowest BCUT2D eigenvalue weighted by molar-refractivity contribution is 0.0952. The van der Waals surface area contributed by atoms with E-state index in [2.05, 4.69) is 44.3 Å². The molecule has 1 aliphatic rings. The molecular weight excluding hydrogens is 362 g/mol. The van der Waals surface area contributed by atoms with E-state index >= 15 is 0 Å². The molecule has 0 unspecified atom stereocenters. The molecule has 0 spiro atoms. The SMILES string of the molecule is Cc1cccc(CN2CCCN(c3cccc(C(=O)NCCC(C)C)c3)C2=O)c1. The number of nitrogens with one attached hydrogen (secondary N) is 1. The number of nitrogens with zero attached hydrogens (tertiary/aromatic N) is 2. The molecule has 1 heterocycles. The predicted molar refractivity (Wildman–Crippen MR) is 117 cm³/mol. The first kappa shape index (κ1) is 20.9. The molecule has 1 fully saturated rings. The fraction of sp³-hybridized carbons (Fsp3) is 0.417. The smallest absolute Gasteiger partial charge is 0.324 e. The average molecular weight is 394 g/mol. The molecule has 1 N–H and O–H groups in total. The van der Waals surface area contributed by atoms with Gasteiger partial charge in [0.1, 0.15) is 0 Å². The third kappa shape index (κ3) is 5.59. The monoisotopic (exact) mass is 393 g/mol. The summed E-state index contributed by atoms with van der Waals surface area (Å²) in [6.45, 7) is 9.01. The van der Waals surface area contributed by atoms with Crippen molar-refractivity contribution in [2.45, 2.75) is 40.2 Å². The number of urea groups is 1. The first-order valence-corrected chi connectivity index (χ1v) is 10.4. The van der Waals surface area contributed by atoms with Gasteiger partial charge >= 0.3 is 6.03 Å². The number of rotatable bonds is 7. The van der Waals surface area contributed by atoms with Crippen molar-refractivity contribution in [3.05, 3.63) is 65.2 Å². The summed E-state index contributed by atoms with van der Waals surface area (Å²) in [6.07, 6.45) is 1.85. The highest BCUT2D eigenvalue weighted by molar-refractivity contribution is 5.98. The van der Waals surface area contributed by atoms with Gasteiger partial charge in [0.25, 0.3) is 5.91 Å². The van der Waals surface area contributed by atoms with E-state index in [0.717, 1.165) is 30.6 Å². The van der Waals surface area contributed by atoms with Crippen molar-refractivity contribution in [1.82, 2.24) is 10.2 Å². The van der Waals surface area contributed by atoms with Gasteiger partial charge in [-0.25, -0.2) is 4.79 Å². The molecule has 0 bridgehead atoms. The molecule has 3 amide bonds. The Morgan fingerprint density at radius 3 is 2.66 bits per heavy atom. The van der Waals surface area contributed by atoms with Crippen molar-refractivity contribution in [1.29, 1.82) is 0 Å². The highest BCUT2D eigenvalue weighted by Crippen LogP contribution is 2.23. The molecule has 0 aromatic heterocycles. The van der Waals surface area contributed by atoms with E-state index < -0.39 is 0 Å². The fourth-order valence-electron chi connectivity index (χ4n) is 3.59. The van der Waals surface area contributed by atoms with Crippen molar-refractivity contribution in [2.75, 3.05) is 24.5 Å². The van der Waals surface area contributed by atoms with Crippen LogP contribution in [0, 0.1) is 12.8 Å². The van der Waals surface area contributed by atoms with Crippen molar-refractivity contribution in [2.24, 2.45) is 5.92 Å². The minimum atomic E-state index is -0.0893. The molecule has 0 atom stereocenters. The summed E-state index contributed by atoms with van der Waals surface area (Å²) in [5, 5.41) is 2.97. The number of anilines is 1. The lowest BCUT2D eigenvalue weighted by Crippen LogP contribution is -2.49. The largest absolute Gasteiger partial charge is 0.352 e. The van der Waals surface area contributed by atoms with E-state index in [1.54, 1.807) is 11.0 Å². The van der Waals surface area contributed by atoms with Gasteiger partial charge in [-0.3, -0.25) is 9.69 Å². The topological polar surface area (TPSA) is 52.6 Å². The van der Waals surface area contributed by atoms with Gasteiger partial charge in [0, 0.05) is 37.4 Å². The number of carbonyl (C=O) groups is 2. The Morgan fingerprint density at radius 1 is 1.10 bits per heavy atom. The number of benzene rings is 2. The zero-order valence-electron chi connectivity index (χ0n) is 17.6. The third-order valence-electron chi connectivity index (χ3n) is 5.19. The Morgan fingerprint density at radius 2 is 1.90 bits per heavy atom. The van der Waals surface area contributed by atoms with Crippen LogP contribution < -0.4 is 10.2 Å². The number of aryl methyl sites for hydroxylation is 1. The van der Waals surface area contributed by atoms with Crippen LogP contribution in [-0.4, -0.2) is 36.5 Å². The predicted octanol–water partition coefficient (Wildman–Crippen LogP) is 4.60. The van der Waals surface area contributed by atoms with E-state index in [9.17, 15) is 9.59 Å². The molecule has 154 valence electrons. The van der Waals surface area contributed by atoms with E-state index in [4.69, 9.17) is 0 Å². The highest BCUT2D eigenvalue weighted by atomic mass is 16.2. The summed E-state index contributed by atoms with van der Waals surface area (Å²) in [7, 11) is 0. The van der Waals surface area contributed by atoms with Crippen molar-refractivity contribution in [3.8, 4) is 0 Å². The van der Waals surface area contributed by atoms with Crippen molar-refractivity contribution < 1.29 is 9.59 Å². The Kier molecular flexibility index (Phi) is 6.91. The molecule has 29 heavy (non-hydrogen) atoms. The van der Waals surface area contributed by atoms with Gasteiger partial charge in [0.15, 0.2) is 0 Å². The summed E-state index contributed by atoms with van der Waals surface area (Å²) < 4.78 is 0. The summed E-state index contributed by atoms with van der Waals surface area (Å²) in [5.41, 5.74) is 3.70. The Balaban J connectivity index is 1.69. The van der Waals surface area contributed by atoms with Crippen molar-refractivity contribution >= 4 is 17.6 Å². The van der Waals surface area contributed by atoms with Gasteiger partial charge in [-0.05, 0) is 49.4 Å². The molecule has 0 saturated carbocycles. The number of carbonyl (C=O) groups excluding carboxylic acids is 2. The Hall–Kier alpha value is -2.82. The number of hydrogen-bond acceptors (Lipinski definition) is 2. The fourth-order valence-corrected chi connectivity index (χ4v) is 3.59. The molecule has 2 aromatic rings. The maximum atomic E-state index is 13.1. The van der Waals surface area contributed by atoms with Gasteiger partial charge in [-0.2, -0.15) is 0 Å². The first-order valence-electron chi connectivity index (χ1n) is 10.4. The van der Waals surface area contributed by atoms with Gasteiger partial charge < -0.3 is 10.2 Å². The second kappa shape index (κ2) is 9.59. The van der Waals surface area contributed by atoms with Gasteiger partial charge in [0.05, 0.1) is 0 Å². The normalized spacial score (nSPS) is 14.4. The molecule has 1 saturated heterocycles. The van der Waals surface area contributed by atoms with Crippen LogP contribution in [-0.2, 0) is 6.54 Å². The molecule has 2 aromatic carbocycles. The summed E-state index contributed by atoms with van der Waals surface area (Å²) in [4.78, 5) is 29.2. The molecular formula is C24H31N3O2. The van der Waals surface area contributed by atoms with Crippen LogP contribution in [0.3, 0.4) is 0 Å². The average Bonchev–Trinajstić information content (AvgIpc) is 2.69. The van der Waals surface area contributed by atoms with Gasteiger partial charge in [-0.15, -0.1) is 0 Å². The lowest BCUT2D eigenvalue weighted by Gasteiger charge is -2.36. The molecule has 5 nitrogen and oxygen atoms in total. The minimum absolute atomic E-state index is 0.00452. The first-order chi connectivity index (χ1) is 13.9. The lowest BCUT2D eigenvalue weighted by atomic mass is 10.1. The summed E-state index contributed by atoms with van der Waals surface area (Å²) in [6, 6.07) is 15.6. The van der Waals surface area contributed by atoms with E-state index in [0.29, 0.717) is 31.1 Å². The van der Waals surface area contributed by atoms with Crippen LogP contribution in [0.2, 0.25) is 0 Å².